The SMILES string of the molecule is CCNc1ncc(C(=O)NCC(C)N(C)C2CC2)cc1Cl. The third-order valence-electron chi connectivity index (χ3n) is 3.82. The van der Waals surface area contributed by atoms with Crippen LogP contribution in [0, 0.1) is 0 Å². The summed E-state index contributed by atoms with van der Waals surface area (Å²) in [4.78, 5) is 18.6. The molecule has 1 unspecified atom stereocenters. The van der Waals surface area contributed by atoms with Gasteiger partial charge in [0.05, 0.1) is 10.6 Å². The molecule has 0 spiro atoms. The Morgan fingerprint density at radius 3 is 2.86 bits per heavy atom. The molecule has 0 aromatic carbocycles. The fraction of sp³-hybridized carbons (Fsp3) is 0.600. The van der Waals surface area contributed by atoms with Crippen LogP contribution < -0.4 is 10.6 Å². The van der Waals surface area contributed by atoms with E-state index in [0.717, 1.165) is 6.54 Å². The minimum absolute atomic E-state index is 0.136. The van der Waals surface area contributed by atoms with Gasteiger partial charge in [-0.2, -0.15) is 0 Å². The Hall–Kier alpha value is -1.33. The van der Waals surface area contributed by atoms with Crippen LogP contribution in [0.2, 0.25) is 5.02 Å². The molecule has 1 saturated carbocycles. The van der Waals surface area contributed by atoms with Crippen molar-refractivity contribution in [2.24, 2.45) is 0 Å². The maximum absolute atomic E-state index is 12.1. The highest BCUT2D eigenvalue weighted by Crippen LogP contribution is 2.26. The molecule has 0 aliphatic heterocycles. The first kappa shape index (κ1) is 16.0. The molecule has 21 heavy (non-hydrogen) atoms. The number of nitrogens with one attached hydrogen (secondary N) is 2. The number of nitrogens with zero attached hydrogens (tertiary/aromatic N) is 2. The quantitative estimate of drug-likeness (QED) is 0.812. The average Bonchev–Trinajstić information content (AvgIpc) is 3.30. The van der Waals surface area contributed by atoms with Gasteiger partial charge < -0.3 is 10.6 Å². The number of rotatable bonds is 7. The second-order valence-electron chi connectivity index (χ2n) is 5.54. The summed E-state index contributed by atoms with van der Waals surface area (Å²) < 4.78 is 0. The Bertz CT molecular complexity index is 504. The number of carbonyl (C=O) groups is 1. The van der Waals surface area contributed by atoms with Crippen LogP contribution in [0.3, 0.4) is 0 Å². The summed E-state index contributed by atoms with van der Waals surface area (Å²) in [6.07, 6.45) is 4.08. The number of halogens is 1. The molecule has 1 amide bonds. The van der Waals surface area contributed by atoms with E-state index >= 15 is 0 Å². The molecule has 0 radical (unpaired) electrons. The molecule has 1 fully saturated rings. The lowest BCUT2D eigenvalue weighted by atomic mass is 10.2. The summed E-state index contributed by atoms with van der Waals surface area (Å²) in [6, 6.07) is 2.66. The number of aromatic nitrogens is 1. The zero-order valence-corrected chi connectivity index (χ0v) is 13.6. The summed E-state index contributed by atoms with van der Waals surface area (Å²) in [5.74, 6) is 0.473. The topological polar surface area (TPSA) is 57.3 Å². The smallest absolute Gasteiger partial charge is 0.252 e. The second kappa shape index (κ2) is 7.09. The number of anilines is 1. The van der Waals surface area contributed by atoms with Gasteiger partial charge in [0.2, 0.25) is 0 Å². The van der Waals surface area contributed by atoms with E-state index in [4.69, 9.17) is 11.6 Å². The van der Waals surface area contributed by atoms with Gasteiger partial charge in [-0.3, -0.25) is 9.69 Å². The minimum atomic E-state index is -0.136. The number of hydrogen-bond acceptors (Lipinski definition) is 4. The molecular formula is C15H23ClN4O. The summed E-state index contributed by atoms with van der Waals surface area (Å²) in [7, 11) is 2.11. The van der Waals surface area contributed by atoms with Gasteiger partial charge in [0.15, 0.2) is 0 Å². The molecule has 1 aliphatic carbocycles. The van der Waals surface area contributed by atoms with Gasteiger partial charge in [0.1, 0.15) is 5.82 Å². The lowest BCUT2D eigenvalue weighted by molar-refractivity contribution is 0.0939. The van der Waals surface area contributed by atoms with Crippen molar-refractivity contribution in [1.82, 2.24) is 15.2 Å². The molecule has 2 rings (SSSR count). The van der Waals surface area contributed by atoms with E-state index in [9.17, 15) is 4.79 Å². The second-order valence-corrected chi connectivity index (χ2v) is 5.95. The van der Waals surface area contributed by atoms with Crippen molar-refractivity contribution >= 4 is 23.3 Å². The molecule has 5 nitrogen and oxygen atoms in total. The summed E-state index contributed by atoms with van der Waals surface area (Å²) >= 11 is 6.10. The number of likely N-dealkylation sites (N-methyl/N-ethyl adjacent to an activating group) is 1. The van der Waals surface area contributed by atoms with Crippen LogP contribution in [-0.4, -0.2) is 48.0 Å². The number of hydrogen-bond donors (Lipinski definition) is 2. The Morgan fingerprint density at radius 2 is 2.29 bits per heavy atom. The lowest BCUT2D eigenvalue weighted by Crippen LogP contribution is -2.41. The van der Waals surface area contributed by atoms with Crippen LogP contribution >= 0.6 is 11.6 Å². The molecular weight excluding hydrogens is 288 g/mol. The molecule has 1 aliphatic rings. The highest BCUT2D eigenvalue weighted by molar-refractivity contribution is 6.33. The first-order chi connectivity index (χ1) is 10.0. The Labute approximate surface area is 131 Å². The zero-order chi connectivity index (χ0) is 15.4. The van der Waals surface area contributed by atoms with Gasteiger partial charge in [0, 0.05) is 31.4 Å². The highest BCUT2D eigenvalue weighted by Gasteiger charge is 2.29. The molecule has 116 valence electrons. The first-order valence-electron chi connectivity index (χ1n) is 7.42. The van der Waals surface area contributed by atoms with Gasteiger partial charge >= 0.3 is 0 Å². The predicted molar refractivity (Wildman–Crippen MR) is 86.0 cm³/mol. The van der Waals surface area contributed by atoms with Crippen LogP contribution in [-0.2, 0) is 0 Å². The molecule has 2 N–H and O–H groups in total. The first-order valence-corrected chi connectivity index (χ1v) is 7.80. The van der Waals surface area contributed by atoms with Gasteiger partial charge in [0.25, 0.3) is 5.91 Å². The van der Waals surface area contributed by atoms with Crippen LogP contribution in [0.1, 0.15) is 37.0 Å². The zero-order valence-electron chi connectivity index (χ0n) is 12.8. The fourth-order valence-electron chi connectivity index (χ4n) is 2.19. The Balaban J connectivity index is 1.89. The van der Waals surface area contributed by atoms with Gasteiger partial charge in [-0.25, -0.2) is 4.98 Å². The van der Waals surface area contributed by atoms with Crippen molar-refractivity contribution in [3.05, 3.63) is 22.8 Å². The van der Waals surface area contributed by atoms with Gasteiger partial charge in [-0.05, 0) is 39.8 Å². The van der Waals surface area contributed by atoms with Gasteiger partial charge in [-0.1, -0.05) is 11.6 Å². The van der Waals surface area contributed by atoms with E-state index in [-0.39, 0.29) is 5.91 Å². The Kier molecular flexibility index (Phi) is 5.42. The van der Waals surface area contributed by atoms with Crippen LogP contribution in [0.15, 0.2) is 12.3 Å². The van der Waals surface area contributed by atoms with Crippen molar-refractivity contribution in [2.45, 2.75) is 38.8 Å². The molecule has 0 bridgehead atoms. The maximum Gasteiger partial charge on any atom is 0.252 e. The summed E-state index contributed by atoms with van der Waals surface area (Å²) in [6.45, 7) is 5.45. The van der Waals surface area contributed by atoms with Gasteiger partial charge in [-0.15, -0.1) is 0 Å². The van der Waals surface area contributed by atoms with Crippen molar-refractivity contribution in [3.8, 4) is 0 Å². The largest absolute Gasteiger partial charge is 0.369 e. The summed E-state index contributed by atoms with van der Waals surface area (Å²) in [5.41, 5.74) is 0.489. The monoisotopic (exact) mass is 310 g/mol. The molecule has 1 aromatic rings. The van der Waals surface area contributed by atoms with Crippen LogP contribution in [0.25, 0.3) is 0 Å². The minimum Gasteiger partial charge on any atom is -0.369 e. The van der Waals surface area contributed by atoms with Crippen LogP contribution in [0.4, 0.5) is 5.82 Å². The normalized spacial score (nSPS) is 15.9. The third-order valence-corrected chi connectivity index (χ3v) is 4.11. The van der Waals surface area contributed by atoms with Crippen molar-refractivity contribution < 1.29 is 4.79 Å². The van der Waals surface area contributed by atoms with Crippen molar-refractivity contribution in [3.63, 3.8) is 0 Å². The number of carbonyl (C=O) groups excluding carboxylic acids is 1. The van der Waals surface area contributed by atoms with E-state index in [1.165, 1.54) is 12.8 Å². The Morgan fingerprint density at radius 1 is 1.57 bits per heavy atom. The fourth-order valence-corrected chi connectivity index (χ4v) is 2.42. The highest BCUT2D eigenvalue weighted by atomic mass is 35.5. The molecule has 6 heteroatoms. The lowest BCUT2D eigenvalue weighted by Gasteiger charge is -2.24. The number of amides is 1. The van der Waals surface area contributed by atoms with E-state index in [0.29, 0.717) is 35.0 Å². The van der Waals surface area contributed by atoms with E-state index in [1.807, 2.05) is 6.92 Å². The van der Waals surface area contributed by atoms with E-state index in [1.54, 1.807) is 12.3 Å². The number of pyridine rings is 1. The third kappa shape index (κ3) is 4.32. The molecule has 1 heterocycles. The van der Waals surface area contributed by atoms with E-state index < -0.39 is 0 Å². The maximum atomic E-state index is 12.1. The summed E-state index contributed by atoms with van der Waals surface area (Å²) in [5, 5.41) is 6.45. The van der Waals surface area contributed by atoms with Crippen molar-refractivity contribution in [2.75, 3.05) is 25.5 Å². The van der Waals surface area contributed by atoms with Crippen LogP contribution in [0.5, 0.6) is 0 Å². The molecule has 0 saturated heterocycles. The molecule has 1 aromatic heterocycles. The predicted octanol–water partition coefficient (Wildman–Crippen LogP) is 2.38. The van der Waals surface area contributed by atoms with Crippen molar-refractivity contribution in [1.29, 1.82) is 0 Å². The molecule has 1 atom stereocenters. The standard InChI is InChI=1S/C15H23ClN4O/c1-4-17-14-13(16)7-11(9-18-14)15(21)19-8-10(2)20(3)12-5-6-12/h7,9-10,12H,4-6,8H2,1-3H3,(H,17,18)(H,19,21). The average molecular weight is 311 g/mol. The van der Waals surface area contributed by atoms with E-state index in [2.05, 4.69) is 34.5 Å².